The largest absolute Gasteiger partial charge is 0.339 e. The molecule has 0 aliphatic rings. The summed E-state index contributed by atoms with van der Waals surface area (Å²) < 4.78 is 1.57. The molecule has 0 spiro atoms. The molecule has 0 fully saturated rings. The zero-order valence-electron chi connectivity index (χ0n) is 18.5. The maximum atomic E-state index is 13.3. The van der Waals surface area contributed by atoms with Crippen LogP contribution in [-0.2, 0) is 0 Å². The Kier molecular flexibility index (Phi) is 5.42. The van der Waals surface area contributed by atoms with Crippen molar-refractivity contribution < 1.29 is 0 Å². The molecule has 0 radical (unpaired) electrons. The predicted octanol–water partition coefficient (Wildman–Crippen LogP) is 5.73. The van der Waals surface area contributed by atoms with Crippen LogP contribution in [0.2, 0.25) is 0 Å². The van der Waals surface area contributed by atoms with Crippen LogP contribution in [0.15, 0.2) is 64.5 Å². The van der Waals surface area contributed by atoms with E-state index in [-0.39, 0.29) is 5.56 Å². The van der Waals surface area contributed by atoms with Crippen LogP contribution >= 0.6 is 0 Å². The van der Waals surface area contributed by atoms with E-state index >= 15 is 0 Å². The summed E-state index contributed by atoms with van der Waals surface area (Å²) in [5.74, 6) is 0.495. The standard InChI is InChI=1S/C26H26N4O/c1-16-8-10-21(13-19(16)4)27-15-23-24(28-22-11-9-17(2)20(5)14-22)29-25-18(3)7-6-12-30(25)26(23)31/h6-15,28H,1-5H3/b27-15+. The van der Waals surface area contributed by atoms with Crippen LogP contribution in [0, 0.1) is 34.6 Å². The Hall–Kier alpha value is -3.73. The second-order valence-electron chi connectivity index (χ2n) is 8.01. The molecule has 5 heteroatoms. The second kappa shape index (κ2) is 8.19. The number of nitrogens with one attached hydrogen (secondary N) is 1. The highest BCUT2D eigenvalue weighted by Gasteiger charge is 2.13. The highest BCUT2D eigenvalue weighted by atomic mass is 16.1. The van der Waals surface area contributed by atoms with Crippen molar-refractivity contribution in [3.05, 3.63) is 98.5 Å². The molecule has 5 nitrogen and oxygen atoms in total. The summed E-state index contributed by atoms with van der Waals surface area (Å²) in [4.78, 5) is 22.7. The lowest BCUT2D eigenvalue weighted by Crippen LogP contribution is -2.22. The minimum absolute atomic E-state index is 0.160. The first kappa shape index (κ1) is 20.5. The fourth-order valence-electron chi connectivity index (χ4n) is 3.42. The SMILES string of the molecule is Cc1ccc(/N=C/c2c(Nc3ccc(C)c(C)c3)nc3c(C)cccn3c2=O)cc1C. The van der Waals surface area contributed by atoms with Crippen LogP contribution in [-0.4, -0.2) is 15.6 Å². The topological polar surface area (TPSA) is 58.8 Å². The number of hydrogen-bond acceptors (Lipinski definition) is 4. The van der Waals surface area contributed by atoms with E-state index in [9.17, 15) is 4.79 Å². The maximum absolute atomic E-state index is 13.3. The Morgan fingerprint density at radius 2 is 1.58 bits per heavy atom. The molecule has 1 N–H and O–H groups in total. The molecule has 0 atom stereocenters. The first-order chi connectivity index (χ1) is 14.8. The van der Waals surface area contributed by atoms with Crippen LogP contribution in [0.4, 0.5) is 17.2 Å². The van der Waals surface area contributed by atoms with Crippen molar-refractivity contribution >= 4 is 29.1 Å². The van der Waals surface area contributed by atoms with Crippen LogP contribution in [0.25, 0.3) is 5.65 Å². The fraction of sp³-hybridized carbons (Fsp3) is 0.192. The zero-order valence-corrected chi connectivity index (χ0v) is 18.5. The lowest BCUT2D eigenvalue weighted by molar-refractivity contribution is 1.03. The summed E-state index contributed by atoms with van der Waals surface area (Å²) in [7, 11) is 0. The Labute approximate surface area is 182 Å². The highest BCUT2D eigenvalue weighted by molar-refractivity contribution is 5.89. The second-order valence-corrected chi connectivity index (χ2v) is 8.01. The first-order valence-corrected chi connectivity index (χ1v) is 10.3. The van der Waals surface area contributed by atoms with Crippen molar-refractivity contribution in [2.24, 2.45) is 4.99 Å². The average molecular weight is 411 g/mol. The molecule has 4 rings (SSSR count). The molecule has 2 aromatic carbocycles. The monoisotopic (exact) mass is 410 g/mol. The average Bonchev–Trinajstić information content (AvgIpc) is 2.74. The van der Waals surface area contributed by atoms with Gasteiger partial charge in [-0.15, -0.1) is 0 Å². The number of nitrogens with zero attached hydrogens (tertiary/aromatic N) is 3. The van der Waals surface area contributed by atoms with Gasteiger partial charge >= 0.3 is 0 Å². The van der Waals surface area contributed by atoms with Gasteiger partial charge in [0.25, 0.3) is 5.56 Å². The van der Waals surface area contributed by atoms with Crippen LogP contribution in [0.5, 0.6) is 0 Å². The minimum atomic E-state index is -0.160. The number of benzene rings is 2. The van der Waals surface area contributed by atoms with Gasteiger partial charge in [-0.2, -0.15) is 0 Å². The highest BCUT2D eigenvalue weighted by Crippen LogP contribution is 2.22. The number of aryl methyl sites for hydroxylation is 5. The van der Waals surface area contributed by atoms with E-state index in [0.29, 0.717) is 17.0 Å². The van der Waals surface area contributed by atoms with Crippen molar-refractivity contribution in [3.63, 3.8) is 0 Å². The summed E-state index contributed by atoms with van der Waals surface area (Å²) >= 11 is 0. The van der Waals surface area contributed by atoms with Gasteiger partial charge in [0.2, 0.25) is 0 Å². The van der Waals surface area contributed by atoms with Gasteiger partial charge in [0.1, 0.15) is 17.0 Å². The molecule has 0 aliphatic heterocycles. The Balaban J connectivity index is 1.86. The summed E-state index contributed by atoms with van der Waals surface area (Å²) in [5.41, 5.74) is 8.25. The van der Waals surface area contributed by atoms with Gasteiger partial charge in [0, 0.05) is 18.1 Å². The fourth-order valence-corrected chi connectivity index (χ4v) is 3.42. The van der Waals surface area contributed by atoms with Crippen molar-refractivity contribution in [1.82, 2.24) is 9.38 Å². The number of rotatable bonds is 4. The molecule has 156 valence electrons. The summed E-state index contributed by atoms with van der Waals surface area (Å²) in [5, 5.41) is 3.34. The molecule has 2 heterocycles. The molecule has 0 unspecified atom stereocenters. The lowest BCUT2D eigenvalue weighted by Gasteiger charge is -2.13. The molecule has 0 aliphatic carbocycles. The molecule has 4 aromatic rings. The zero-order chi connectivity index (χ0) is 22.1. The van der Waals surface area contributed by atoms with Gasteiger partial charge in [0.05, 0.1) is 5.69 Å². The third-order valence-corrected chi connectivity index (χ3v) is 5.69. The molecule has 0 saturated carbocycles. The van der Waals surface area contributed by atoms with Gasteiger partial charge in [-0.05, 0) is 92.8 Å². The quantitative estimate of drug-likeness (QED) is 0.437. The van der Waals surface area contributed by atoms with Crippen molar-refractivity contribution in [2.45, 2.75) is 34.6 Å². The third kappa shape index (κ3) is 4.12. The number of aliphatic imine (C=N–C) groups is 1. The number of anilines is 2. The third-order valence-electron chi connectivity index (χ3n) is 5.69. The van der Waals surface area contributed by atoms with Crippen LogP contribution in [0.1, 0.15) is 33.4 Å². The summed E-state index contributed by atoms with van der Waals surface area (Å²) in [6.45, 7) is 10.2. The van der Waals surface area contributed by atoms with Gasteiger partial charge in [-0.3, -0.25) is 14.2 Å². The number of aromatic nitrogens is 2. The summed E-state index contributed by atoms with van der Waals surface area (Å²) in [6.07, 6.45) is 3.35. The van der Waals surface area contributed by atoms with E-state index in [1.165, 1.54) is 16.7 Å². The molecule has 0 amide bonds. The molecule has 0 bridgehead atoms. The molecular formula is C26H26N4O. The Bertz CT molecular complexity index is 1380. The van der Waals surface area contributed by atoms with E-state index in [0.717, 1.165) is 22.5 Å². The van der Waals surface area contributed by atoms with Crippen LogP contribution < -0.4 is 10.9 Å². The maximum Gasteiger partial charge on any atom is 0.268 e. The van der Waals surface area contributed by atoms with Crippen molar-refractivity contribution in [2.75, 3.05) is 5.32 Å². The predicted molar refractivity (Wildman–Crippen MR) is 129 cm³/mol. The van der Waals surface area contributed by atoms with Crippen molar-refractivity contribution in [1.29, 1.82) is 0 Å². The minimum Gasteiger partial charge on any atom is -0.339 e. The van der Waals surface area contributed by atoms with Gasteiger partial charge in [0.15, 0.2) is 0 Å². The van der Waals surface area contributed by atoms with Gasteiger partial charge in [-0.25, -0.2) is 4.98 Å². The van der Waals surface area contributed by atoms with E-state index in [2.05, 4.69) is 50.1 Å². The molecule has 2 aromatic heterocycles. The normalized spacial score (nSPS) is 11.4. The first-order valence-electron chi connectivity index (χ1n) is 10.3. The van der Waals surface area contributed by atoms with Crippen LogP contribution in [0.3, 0.4) is 0 Å². The molecule has 0 saturated heterocycles. The number of pyridine rings is 1. The summed E-state index contributed by atoms with van der Waals surface area (Å²) in [6, 6.07) is 15.9. The van der Waals surface area contributed by atoms with Gasteiger partial charge in [-0.1, -0.05) is 18.2 Å². The number of hydrogen-bond donors (Lipinski definition) is 1. The lowest BCUT2D eigenvalue weighted by atomic mass is 10.1. The molecular weight excluding hydrogens is 384 g/mol. The number of fused-ring (bicyclic) bond motifs is 1. The van der Waals surface area contributed by atoms with Crippen molar-refractivity contribution in [3.8, 4) is 0 Å². The van der Waals surface area contributed by atoms with E-state index in [1.54, 1.807) is 16.8 Å². The Morgan fingerprint density at radius 3 is 2.29 bits per heavy atom. The Morgan fingerprint density at radius 1 is 0.871 bits per heavy atom. The smallest absolute Gasteiger partial charge is 0.268 e. The van der Waals surface area contributed by atoms with E-state index in [1.807, 2.05) is 43.3 Å². The molecule has 31 heavy (non-hydrogen) atoms. The van der Waals surface area contributed by atoms with E-state index < -0.39 is 0 Å². The van der Waals surface area contributed by atoms with Gasteiger partial charge < -0.3 is 5.32 Å². The van der Waals surface area contributed by atoms with E-state index in [4.69, 9.17) is 4.98 Å².